The van der Waals surface area contributed by atoms with Crippen molar-refractivity contribution < 1.29 is 17.9 Å². The van der Waals surface area contributed by atoms with Crippen molar-refractivity contribution >= 4 is 41.3 Å². The molecule has 1 rings (SSSR count). The van der Waals surface area contributed by atoms with E-state index in [2.05, 4.69) is 20.6 Å². The van der Waals surface area contributed by atoms with Gasteiger partial charge in [0.1, 0.15) is 5.01 Å². The number of rotatable bonds is 5. The minimum atomic E-state index is -4.41. The van der Waals surface area contributed by atoms with Crippen LogP contribution in [0, 0.1) is 0 Å². The Morgan fingerprint density at radius 3 is 2.45 bits per heavy atom. The Balaban J connectivity index is 0.00000441. The molecule has 0 aliphatic carbocycles. The Bertz CT molecular complexity index is 491. The van der Waals surface area contributed by atoms with Gasteiger partial charge in [-0.25, -0.2) is 4.98 Å². The maximum absolute atomic E-state index is 12.4. The molecule has 0 amide bonds. The van der Waals surface area contributed by atoms with Crippen molar-refractivity contribution in [2.45, 2.75) is 32.2 Å². The Morgan fingerprint density at radius 2 is 2.00 bits per heavy atom. The molecule has 0 atom stereocenters. The van der Waals surface area contributed by atoms with Crippen LogP contribution in [0.2, 0.25) is 0 Å². The summed E-state index contributed by atoms with van der Waals surface area (Å²) in [5, 5.41) is 7.29. The van der Waals surface area contributed by atoms with Crippen LogP contribution in [0.25, 0.3) is 0 Å². The van der Waals surface area contributed by atoms with Crippen LogP contribution in [0.1, 0.15) is 24.5 Å². The molecule has 0 radical (unpaired) electrons. The topological polar surface area (TPSA) is 58.5 Å². The number of aromatic nitrogens is 1. The van der Waals surface area contributed by atoms with Crippen molar-refractivity contribution in [3.63, 3.8) is 0 Å². The van der Waals surface area contributed by atoms with E-state index in [1.54, 1.807) is 14.2 Å². The molecule has 0 aliphatic rings. The number of aliphatic imine (C=N–C) groups is 1. The first-order valence-corrected chi connectivity index (χ1v) is 7.07. The third-order valence-corrected chi connectivity index (χ3v) is 3.56. The first-order chi connectivity index (χ1) is 9.68. The van der Waals surface area contributed by atoms with E-state index in [0.717, 1.165) is 16.7 Å². The number of methoxy groups -OCH3 is 1. The van der Waals surface area contributed by atoms with E-state index in [0.29, 0.717) is 17.5 Å². The number of thiazole rings is 1. The second kappa shape index (κ2) is 8.87. The standard InChI is InChI=1S/C12H19F3N4OS.HI/c1-11(2,20-4)7-18-10(16-3)17-5-9-19-8(6-21-9)12(13,14)15;/h6H,5,7H2,1-4H3,(H2,16,17,18);1H. The molecule has 0 fully saturated rings. The second-order valence-electron chi connectivity index (χ2n) is 4.87. The Morgan fingerprint density at radius 1 is 1.36 bits per heavy atom. The van der Waals surface area contributed by atoms with Crippen LogP contribution < -0.4 is 10.6 Å². The minimum absolute atomic E-state index is 0. The molecule has 1 aromatic heterocycles. The summed E-state index contributed by atoms with van der Waals surface area (Å²) in [4.78, 5) is 7.53. The van der Waals surface area contributed by atoms with Crippen molar-refractivity contribution in [1.82, 2.24) is 15.6 Å². The summed E-state index contributed by atoms with van der Waals surface area (Å²) in [5.74, 6) is 0.476. The molecule has 0 bridgehead atoms. The Kier molecular flexibility index (Phi) is 8.62. The van der Waals surface area contributed by atoms with Crippen LogP contribution >= 0.6 is 35.3 Å². The largest absolute Gasteiger partial charge is 0.434 e. The molecule has 128 valence electrons. The zero-order valence-electron chi connectivity index (χ0n) is 12.7. The molecular weight excluding hydrogens is 432 g/mol. The zero-order valence-corrected chi connectivity index (χ0v) is 15.9. The molecule has 5 nitrogen and oxygen atoms in total. The molecule has 0 spiro atoms. The molecule has 22 heavy (non-hydrogen) atoms. The number of ether oxygens (including phenoxy) is 1. The van der Waals surface area contributed by atoms with Crippen molar-refractivity contribution in [3.8, 4) is 0 Å². The van der Waals surface area contributed by atoms with E-state index in [1.807, 2.05) is 13.8 Å². The quantitative estimate of drug-likeness (QED) is 0.410. The summed E-state index contributed by atoms with van der Waals surface area (Å²) >= 11 is 0.956. The predicted molar refractivity (Wildman–Crippen MR) is 91.8 cm³/mol. The maximum Gasteiger partial charge on any atom is 0.434 e. The van der Waals surface area contributed by atoms with Crippen LogP contribution in [0.5, 0.6) is 0 Å². The van der Waals surface area contributed by atoms with Gasteiger partial charge in [0, 0.05) is 26.1 Å². The first kappa shape index (κ1) is 21.4. The molecule has 1 heterocycles. The first-order valence-electron chi connectivity index (χ1n) is 6.19. The third kappa shape index (κ3) is 7.09. The average Bonchev–Trinajstić information content (AvgIpc) is 2.88. The normalized spacial score (nSPS) is 12.8. The van der Waals surface area contributed by atoms with Crippen LogP contribution in [-0.2, 0) is 17.5 Å². The highest BCUT2D eigenvalue weighted by Gasteiger charge is 2.33. The van der Waals surface area contributed by atoms with Crippen LogP contribution in [-0.4, -0.2) is 37.2 Å². The van der Waals surface area contributed by atoms with Gasteiger partial charge in [0.05, 0.1) is 12.1 Å². The molecule has 0 saturated carbocycles. The van der Waals surface area contributed by atoms with Crippen LogP contribution in [0.4, 0.5) is 13.2 Å². The Labute approximate surface area is 148 Å². The van der Waals surface area contributed by atoms with Crippen LogP contribution in [0.3, 0.4) is 0 Å². The van der Waals surface area contributed by atoms with E-state index in [-0.39, 0.29) is 36.1 Å². The number of guanidine groups is 1. The van der Waals surface area contributed by atoms with E-state index < -0.39 is 11.9 Å². The number of nitrogens with zero attached hydrogens (tertiary/aromatic N) is 2. The smallest absolute Gasteiger partial charge is 0.377 e. The molecule has 0 unspecified atom stereocenters. The fraction of sp³-hybridized carbons (Fsp3) is 0.667. The number of halogens is 4. The number of hydrogen-bond acceptors (Lipinski definition) is 4. The highest BCUT2D eigenvalue weighted by molar-refractivity contribution is 14.0. The fourth-order valence-corrected chi connectivity index (χ4v) is 2.01. The molecule has 2 N–H and O–H groups in total. The summed E-state index contributed by atoms with van der Waals surface area (Å²) in [6.07, 6.45) is -4.41. The summed E-state index contributed by atoms with van der Waals surface area (Å²) in [7, 11) is 3.18. The molecule has 0 aliphatic heterocycles. The van der Waals surface area contributed by atoms with E-state index in [4.69, 9.17) is 4.74 Å². The van der Waals surface area contributed by atoms with Crippen molar-refractivity contribution in [2.24, 2.45) is 4.99 Å². The predicted octanol–water partition coefficient (Wildman–Crippen LogP) is 2.87. The van der Waals surface area contributed by atoms with Crippen LogP contribution in [0.15, 0.2) is 10.4 Å². The zero-order chi connectivity index (χ0) is 16.1. The van der Waals surface area contributed by atoms with E-state index in [9.17, 15) is 13.2 Å². The Hall–Kier alpha value is -0.620. The molecule has 0 aromatic carbocycles. The average molecular weight is 452 g/mol. The molecule has 1 aromatic rings. The number of hydrogen-bond donors (Lipinski definition) is 2. The summed E-state index contributed by atoms with van der Waals surface area (Å²) in [6, 6.07) is 0. The molecule has 0 saturated heterocycles. The monoisotopic (exact) mass is 452 g/mol. The van der Waals surface area contributed by atoms with E-state index in [1.165, 1.54) is 0 Å². The second-order valence-corrected chi connectivity index (χ2v) is 5.81. The van der Waals surface area contributed by atoms with Gasteiger partial charge in [-0.1, -0.05) is 0 Å². The van der Waals surface area contributed by atoms with Gasteiger partial charge in [0.25, 0.3) is 0 Å². The van der Waals surface area contributed by atoms with Crippen molar-refractivity contribution in [1.29, 1.82) is 0 Å². The number of nitrogens with one attached hydrogen (secondary N) is 2. The van der Waals surface area contributed by atoms with Gasteiger partial charge in [-0.15, -0.1) is 35.3 Å². The summed E-state index contributed by atoms with van der Waals surface area (Å²) < 4.78 is 42.5. The van der Waals surface area contributed by atoms with Gasteiger partial charge >= 0.3 is 6.18 Å². The van der Waals surface area contributed by atoms with E-state index >= 15 is 0 Å². The van der Waals surface area contributed by atoms with Gasteiger partial charge in [0.15, 0.2) is 11.7 Å². The lowest BCUT2D eigenvalue weighted by Gasteiger charge is -2.24. The van der Waals surface area contributed by atoms with Crippen molar-refractivity contribution in [3.05, 3.63) is 16.1 Å². The fourth-order valence-electron chi connectivity index (χ4n) is 1.27. The van der Waals surface area contributed by atoms with Crippen molar-refractivity contribution in [2.75, 3.05) is 20.7 Å². The highest BCUT2D eigenvalue weighted by atomic mass is 127. The molecule has 10 heteroatoms. The lowest BCUT2D eigenvalue weighted by Crippen LogP contribution is -2.45. The lowest BCUT2D eigenvalue weighted by atomic mass is 10.1. The summed E-state index contributed by atoms with van der Waals surface area (Å²) in [5.41, 5.74) is -1.24. The van der Waals surface area contributed by atoms with Gasteiger partial charge in [-0.3, -0.25) is 4.99 Å². The maximum atomic E-state index is 12.4. The minimum Gasteiger partial charge on any atom is -0.377 e. The SMILES string of the molecule is CN=C(NCc1nc(C(F)(F)F)cs1)NCC(C)(C)OC.I. The molecular formula is C12H20F3IN4OS. The third-order valence-electron chi connectivity index (χ3n) is 2.71. The summed E-state index contributed by atoms with van der Waals surface area (Å²) in [6.45, 7) is 4.50. The van der Waals surface area contributed by atoms with Gasteiger partial charge in [-0.2, -0.15) is 13.2 Å². The lowest BCUT2D eigenvalue weighted by molar-refractivity contribution is -0.140. The van der Waals surface area contributed by atoms with Gasteiger partial charge < -0.3 is 15.4 Å². The van der Waals surface area contributed by atoms with Gasteiger partial charge in [0.2, 0.25) is 0 Å². The highest BCUT2D eigenvalue weighted by Crippen LogP contribution is 2.29. The number of alkyl halides is 3. The van der Waals surface area contributed by atoms with Gasteiger partial charge in [-0.05, 0) is 13.8 Å².